The molecule has 0 saturated heterocycles. The van der Waals surface area contributed by atoms with E-state index in [4.69, 9.17) is 4.74 Å². The minimum absolute atomic E-state index is 0.186. The summed E-state index contributed by atoms with van der Waals surface area (Å²) in [7, 11) is 1.41. The summed E-state index contributed by atoms with van der Waals surface area (Å²) in [6.07, 6.45) is 4.16. The van der Waals surface area contributed by atoms with Crippen LogP contribution in [0, 0.1) is 23.2 Å². The van der Waals surface area contributed by atoms with Gasteiger partial charge in [-0.15, -0.1) is 0 Å². The molecule has 6 atom stereocenters. The molecular formula is C20H26O4. The predicted octanol–water partition coefficient (Wildman–Crippen LogP) is 3.01. The van der Waals surface area contributed by atoms with Crippen LogP contribution in [-0.4, -0.2) is 29.4 Å². The van der Waals surface area contributed by atoms with Gasteiger partial charge in [-0.3, -0.25) is 4.79 Å². The van der Waals surface area contributed by atoms with E-state index in [-0.39, 0.29) is 17.3 Å². The number of aryl methyl sites for hydroxylation is 1. The first-order chi connectivity index (χ1) is 11.5. The molecule has 0 aliphatic heterocycles. The number of aliphatic hydroxyl groups excluding tert-OH is 1. The van der Waals surface area contributed by atoms with E-state index >= 15 is 0 Å². The van der Waals surface area contributed by atoms with Crippen molar-refractivity contribution in [2.45, 2.75) is 51.0 Å². The van der Waals surface area contributed by atoms with Crippen molar-refractivity contribution in [2.75, 3.05) is 7.11 Å². The summed E-state index contributed by atoms with van der Waals surface area (Å²) in [6, 6.07) is 5.77. The van der Waals surface area contributed by atoms with E-state index in [1.165, 1.54) is 18.2 Å². The SMILES string of the molecule is COC(=O)[C@@H]1CC2C3CCc4cc(O)ccc4C3CC[C@]2(C)[C@H]1O. The van der Waals surface area contributed by atoms with E-state index in [1.807, 2.05) is 6.07 Å². The molecule has 2 N–H and O–H groups in total. The summed E-state index contributed by atoms with van der Waals surface area (Å²) >= 11 is 0. The molecule has 24 heavy (non-hydrogen) atoms. The zero-order chi connectivity index (χ0) is 17.1. The highest BCUT2D eigenvalue weighted by molar-refractivity contribution is 5.73. The molecule has 4 heteroatoms. The van der Waals surface area contributed by atoms with E-state index < -0.39 is 6.10 Å². The van der Waals surface area contributed by atoms with Gasteiger partial charge >= 0.3 is 5.97 Å². The predicted molar refractivity (Wildman–Crippen MR) is 89.6 cm³/mol. The number of aliphatic hydroxyl groups is 1. The number of esters is 1. The number of hydrogen-bond donors (Lipinski definition) is 2. The normalized spacial score (nSPS) is 40.4. The topological polar surface area (TPSA) is 66.8 Å². The van der Waals surface area contributed by atoms with Crippen LogP contribution in [0.5, 0.6) is 5.75 Å². The van der Waals surface area contributed by atoms with E-state index in [0.717, 1.165) is 32.1 Å². The van der Waals surface area contributed by atoms with Gasteiger partial charge in [-0.05, 0) is 78.5 Å². The number of carbonyl (C=O) groups excluding carboxylic acids is 1. The van der Waals surface area contributed by atoms with Gasteiger partial charge in [-0.2, -0.15) is 0 Å². The summed E-state index contributed by atoms with van der Waals surface area (Å²) in [5.41, 5.74) is 2.44. The van der Waals surface area contributed by atoms with Crippen molar-refractivity contribution in [3.05, 3.63) is 29.3 Å². The Morgan fingerprint density at radius 2 is 2.12 bits per heavy atom. The molecule has 0 amide bonds. The number of benzene rings is 1. The van der Waals surface area contributed by atoms with Crippen LogP contribution < -0.4 is 0 Å². The zero-order valence-corrected chi connectivity index (χ0v) is 14.4. The van der Waals surface area contributed by atoms with Crippen LogP contribution in [0.2, 0.25) is 0 Å². The molecule has 3 aliphatic carbocycles. The standard InChI is InChI=1S/C20H26O4/c1-20-8-7-14-13-6-4-12(21)9-11(13)3-5-15(14)17(20)10-16(18(20)22)19(23)24-2/h4,6,9,14-18,21-22H,3,5,7-8,10H2,1-2H3/t14?,15?,16-,17?,18+,20+/m1/s1. The third-order valence-corrected chi connectivity index (χ3v) is 7.22. The van der Waals surface area contributed by atoms with Crippen molar-refractivity contribution in [3.63, 3.8) is 0 Å². The monoisotopic (exact) mass is 330 g/mol. The molecule has 0 heterocycles. The van der Waals surface area contributed by atoms with Crippen molar-refractivity contribution < 1.29 is 19.7 Å². The van der Waals surface area contributed by atoms with Gasteiger partial charge in [0.2, 0.25) is 0 Å². The lowest BCUT2D eigenvalue weighted by Gasteiger charge is -2.50. The Kier molecular flexibility index (Phi) is 3.64. The van der Waals surface area contributed by atoms with Gasteiger partial charge in [0.25, 0.3) is 0 Å². The number of hydrogen-bond acceptors (Lipinski definition) is 4. The van der Waals surface area contributed by atoms with Crippen LogP contribution in [0.1, 0.15) is 49.7 Å². The lowest BCUT2D eigenvalue weighted by Crippen LogP contribution is -2.44. The number of phenolic OH excluding ortho intramolecular Hbond substituents is 1. The second-order valence-corrected chi connectivity index (χ2v) is 8.15. The van der Waals surface area contributed by atoms with Crippen LogP contribution in [0.15, 0.2) is 18.2 Å². The molecule has 1 aromatic rings. The molecule has 2 fully saturated rings. The largest absolute Gasteiger partial charge is 0.508 e. The first-order valence-corrected chi connectivity index (χ1v) is 9.03. The molecule has 3 unspecified atom stereocenters. The molecular weight excluding hydrogens is 304 g/mol. The lowest BCUT2D eigenvalue weighted by molar-refractivity contribution is -0.150. The Bertz CT molecular complexity index is 670. The average Bonchev–Trinajstić information content (AvgIpc) is 2.85. The molecule has 130 valence electrons. The summed E-state index contributed by atoms with van der Waals surface area (Å²) in [5, 5.41) is 20.6. The number of methoxy groups -OCH3 is 1. The molecule has 0 aromatic heterocycles. The van der Waals surface area contributed by atoms with Gasteiger partial charge in [-0.1, -0.05) is 13.0 Å². The van der Waals surface area contributed by atoms with Crippen LogP contribution in [0.3, 0.4) is 0 Å². The molecule has 0 radical (unpaired) electrons. The Labute approximate surface area is 142 Å². The van der Waals surface area contributed by atoms with Crippen molar-refractivity contribution in [3.8, 4) is 5.75 Å². The third kappa shape index (κ3) is 2.12. The van der Waals surface area contributed by atoms with Crippen molar-refractivity contribution in [2.24, 2.45) is 23.2 Å². The molecule has 0 bridgehead atoms. The summed E-state index contributed by atoms with van der Waals surface area (Å²) in [4.78, 5) is 12.1. The molecule has 4 rings (SSSR count). The van der Waals surface area contributed by atoms with E-state index in [2.05, 4.69) is 13.0 Å². The summed E-state index contributed by atoms with van der Waals surface area (Å²) in [6.45, 7) is 2.16. The maximum absolute atomic E-state index is 12.1. The Morgan fingerprint density at radius 3 is 2.88 bits per heavy atom. The minimum Gasteiger partial charge on any atom is -0.508 e. The van der Waals surface area contributed by atoms with Crippen LogP contribution >= 0.6 is 0 Å². The molecule has 2 saturated carbocycles. The Morgan fingerprint density at radius 1 is 1.33 bits per heavy atom. The highest BCUT2D eigenvalue weighted by atomic mass is 16.5. The Hall–Kier alpha value is -1.55. The number of ether oxygens (including phenoxy) is 1. The first kappa shape index (κ1) is 15.9. The fraction of sp³-hybridized carbons (Fsp3) is 0.650. The van der Waals surface area contributed by atoms with E-state index in [0.29, 0.717) is 23.5 Å². The fourth-order valence-corrected chi connectivity index (χ4v) is 5.97. The number of aromatic hydroxyl groups is 1. The third-order valence-electron chi connectivity index (χ3n) is 7.22. The first-order valence-electron chi connectivity index (χ1n) is 9.03. The molecule has 0 spiro atoms. The van der Waals surface area contributed by atoms with Gasteiger partial charge in [0.05, 0.1) is 19.1 Å². The van der Waals surface area contributed by atoms with E-state index in [9.17, 15) is 15.0 Å². The minimum atomic E-state index is -0.600. The second-order valence-electron chi connectivity index (χ2n) is 8.15. The zero-order valence-electron chi connectivity index (χ0n) is 14.4. The van der Waals surface area contributed by atoms with Gasteiger partial charge < -0.3 is 14.9 Å². The van der Waals surface area contributed by atoms with Crippen LogP contribution in [-0.2, 0) is 16.0 Å². The number of fused-ring (bicyclic) bond motifs is 5. The number of carbonyl (C=O) groups is 1. The lowest BCUT2D eigenvalue weighted by atomic mass is 9.55. The highest BCUT2D eigenvalue weighted by Crippen LogP contribution is 2.62. The molecule has 4 nitrogen and oxygen atoms in total. The quantitative estimate of drug-likeness (QED) is 0.777. The fourth-order valence-electron chi connectivity index (χ4n) is 5.97. The van der Waals surface area contributed by atoms with Crippen molar-refractivity contribution in [1.29, 1.82) is 0 Å². The van der Waals surface area contributed by atoms with Gasteiger partial charge in [-0.25, -0.2) is 0 Å². The highest BCUT2D eigenvalue weighted by Gasteiger charge is 2.59. The van der Waals surface area contributed by atoms with Crippen molar-refractivity contribution in [1.82, 2.24) is 0 Å². The Balaban J connectivity index is 1.67. The van der Waals surface area contributed by atoms with Crippen LogP contribution in [0.4, 0.5) is 0 Å². The van der Waals surface area contributed by atoms with Crippen molar-refractivity contribution >= 4 is 5.97 Å². The van der Waals surface area contributed by atoms with Crippen LogP contribution in [0.25, 0.3) is 0 Å². The summed E-state index contributed by atoms with van der Waals surface area (Å²) < 4.78 is 4.93. The average molecular weight is 330 g/mol. The maximum Gasteiger partial charge on any atom is 0.311 e. The molecule has 1 aromatic carbocycles. The maximum atomic E-state index is 12.1. The summed E-state index contributed by atoms with van der Waals surface area (Å²) in [5.74, 6) is 1.04. The van der Waals surface area contributed by atoms with E-state index in [1.54, 1.807) is 6.07 Å². The molecule has 3 aliphatic rings. The van der Waals surface area contributed by atoms with Gasteiger partial charge in [0.1, 0.15) is 5.75 Å². The number of rotatable bonds is 1. The number of phenols is 1. The van der Waals surface area contributed by atoms with Gasteiger partial charge in [0.15, 0.2) is 0 Å². The van der Waals surface area contributed by atoms with Gasteiger partial charge in [0, 0.05) is 0 Å². The smallest absolute Gasteiger partial charge is 0.311 e. The second kappa shape index (κ2) is 5.48.